The molecule has 132 valence electrons. The second-order valence-corrected chi connectivity index (χ2v) is 6.11. The van der Waals surface area contributed by atoms with Crippen LogP contribution < -0.4 is 15.4 Å². The number of ether oxygens (including phenoxy) is 1. The molecule has 2 aromatic rings. The van der Waals surface area contributed by atoms with Crippen LogP contribution in [-0.2, 0) is 9.59 Å². The summed E-state index contributed by atoms with van der Waals surface area (Å²) in [4.78, 5) is 23.1. The molecule has 2 amide bonds. The Bertz CT molecular complexity index is 762. The summed E-state index contributed by atoms with van der Waals surface area (Å²) in [6.45, 7) is 3.81. The quantitative estimate of drug-likeness (QED) is 0.719. The Morgan fingerprint density at radius 1 is 1.08 bits per heavy atom. The normalized spacial score (nSPS) is 10.2. The van der Waals surface area contributed by atoms with Gasteiger partial charge in [-0.05, 0) is 55.3 Å². The van der Waals surface area contributed by atoms with Crippen LogP contribution in [0.25, 0.3) is 0 Å². The fraction of sp³-hybridized carbons (Fsp3) is 0.263. The van der Waals surface area contributed by atoms with Crippen LogP contribution in [0.15, 0.2) is 42.5 Å². The highest BCUT2D eigenvalue weighted by Crippen LogP contribution is 2.22. The van der Waals surface area contributed by atoms with E-state index in [1.54, 1.807) is 30.3 Å². The van der Waals surface area contributed by atoms with Gasteiger partial charge < -0.3 is 15.4 Å². The van der Waals surface area contributed by atoms with Gasteiger partial charge in [-0.1, -0.05) is 17.7 Å². The highest BCUT2D eigenvalue weighted by Gasteiger charge is 2.05. The first-order valence-corrected chi connectivity index (χ1v) is 8.38. The fourth-order valence-corrected chi connectivity index (χ4v) is 2.52. The van der Waals surface area contributed by atoms with E-state index in [2.05, 4.69) is 10.6 Å². The molecule has 2 N–H and O–H groups in total. The van der Waals surface area contributed by atoms with E-state index in [4.69, 9.17) is 16.3 Å². The molecular weight excluding hydrogens is 340 g/mol. The van der Waals surface area contributed by atoms with Gasteiger partial charge >= 0.3 is 0 Å². The molecule has 0 aromatic heterocycles. The number of amides is 2. The maximum atomic E-state index is 12.0. The summed E-state index contributed by atoms with van der Waals surface area (Å²) in [5.41, 5.74) is 2.25. The van der Waals surface area contributed by atoms with Crippen LogP contribution in [-0.4, -0.2) is 18.4 Å². The number of rotatable bonds is 7. The summed E-state index contributed by atoms with van der Waals surface area (Å²) in [6.07, 6.45) is 0.941. The van der Waals surface area contributed by atoms with E-state index in [0.717, 1.165) is 11.3 Å². The van der Waals surface area contributed by atoms with Crippen molar-refractivity contribution in [3.63, 3.8) is 0 Å². The van der Waals surface area contributed by atoms with Crippen molar-refractivity contribution in [3.8, 4) is 5.75 Å². The number of benzene rings is 2. The van der Waals surface area contributed by atoms with Gasteiger partial charge in [0.15, 0.2) is 0 Å². The standard InChI is InChI=1S/C19H21ClN2O3/c1-13-11-15(20)8-9-18(13)25-10-4-7-19(24)22-17-6-3-5-16(12-17)21-14(2)23/h3,5-6,8-9,11-12H,4,7,10H2,1-2H3,(H,21,23)(H,22,24). The molecule has 2 aromatic carbocycles. The fourth-order valence-electron chi connectivity index (χ4n) is 2.29. The first-order valence-electron chi connectivity index (χ1n) is 8.00. The van der Waals surface area contributed by atoms with Crippen molar-refractivity contribution in [1.29, 1.82) is 0 Å². The van der Waals surface area contributed by atoms with Gasteiger partial charge in [-0.2, -0.15) is 0 Å². The van der Waals surface area contributed by atoms with Crippen molar-refractivity contribution in [1.82, 2.24) is 0 Å². The topological polar surface area (TPSA) is 67.4 Å². The first-order chi connectivity index (χ1) is 11.9. The molecule has 0 bridgehead atoms. The second kappa shape index (κ2) is 9.08. The number of halogens is 1. The lowest BCUT2D eigenvalue weighted by atomic mass is 10.2. The SMILES string of the molecule is CC(=O)Nc1cccc(NC(=O)CCCOc2ccc(Cl)cc2C)c1. The van der Waals surface area contributed by atoms with Crippen LogP contribution in [0.5, 0.6) is 5.75 Å². The van der Waals surface area contributed by atoms with Gasteiger partial charge in [0, 0.05) is 29.7 Å². The molecule has 2 rings (SSSR count). The van der Waals surface area contributed by atoms with E-state index in [9.17, 15) is 9.59 Å². The molecule has 0 heterocycles. The predicted octanol–water partition coefficient (Wildman–Crippen LogP) is 4.40. The summed E-state index contributed by atoms with van der Waals surface area (Å²) in [6, 6.07) is 12.5. The molecule has 0 radical (unpaired) electrons. The number of hydrogen-bond acceptors (Lipinski definition) is 3. The minimum atomic E-state index is -0.155. The van der Waals surface area contributed by atoms with Crippen LogP contribution >= 0.6 is 11.6 Å². The largest absolute Gasteiger partial charge is 0.493 e. The summed E-state index contributed by atoms with van der Waals surface area (Å²) >= 11 is 5.90. The highest BCUT2D eigenvalue weighted by atomic mass is 35.5. The number of nitrogens with one attached hydrogen (secondary N) is 2. The Kier molecular flexibility index (Phi) is 6.83. The predicted molar refractivity (Wildman–Crippen MR) is 100 cm³/mol. The third-order valence-corrected chi connectivity index (χ3v) is 3.64. The lowest BCUT2D eigenvalue weighted by molar-refractivity contribution is -0.116. The van der Waals surface area contributed by atoms with Crippen LogP contribution in [0, 0.1) is 6.92 Å². The minimum Gasteiger partial charge on any atom is -0.493 e. The average Bonchev–Trinajstić information content (AvgIpc) is 2.53. The molecule has 0 aliphatic heterocycles. The molecule has 6 heteroatoms. The summed E-state index contributed by atoms with van der Waals surface area (Å²) < 4.78 is 5.67. The summed E-state index contributed by atoms with van der Waals surface area (Å²) in [7, 11) is 0. The highest BCUT2D eigenvalue weighted by molar-refractivity contribution is 6.30. The average molecular weight is 361 g/mol. The minimum absolute atomic E-state index is 0.101. The van der Waals surface area contributed by atoms with Gasteiger partial charge in [-0.15, -0.1) is 0 Å². The number of carbonyl (C=O) groups excluding carboxylic acids is 2. The molecule has 5 nitrogen and oxygen atoms in total. The van der Waals surface area contributed by atoms with Gasteiger partial charge in [-0.25, -0.2) is 0 Å². The Morgan fingerprint density at radius 2 is 1.80 bits per heavy atom. The van der Waals surface area contributed by atoms with E-state index < -0.39 is 0 Å². The second-order valence-electron chi connectivity index (χ2n) is 5.67. The van der Waals surface area contributed by atoms with Gasteiger partial charge in [0.05, 0.1) is 6.61 Å². The number of anilines is 2. The van der Waals surface area contributed by atoms with Crippen molar-refractivity contribution in [2.75, 3.05) is 17.2 Å². The monoisotopic (exact) mass is 360 g/mol. The Labute approximate surface area is 152 Å². The number of carbonyl (C=O) groups is 2. The molecule has 0 fully saturated rings. The molecular formula is C19H21ClN2O3. The van der Waals surface area contributed by atoms with E-state index in [1.165, 1.54) is 6.92 Å². The Hall–Kier alpha value is -2.53. The van der Waals surface area contributed by atoms with Crippen molar-refractivity contribution in [3.05, 3.63) is 53.1 Å². The third-order valence-electron chi connectivity index (χ3n) is 3.41. The molecule has 0 aliphatic carbocycles. The maximum absolute atomic E-state index is 12.0. The summed E-state index contributed by atoms with van der Waals surface area (Å²) in [5.74, 6) is 0.516. The van der Waals surface area contributed by atoms with Gasteiger partial charge in [0.1, 0.15) is 5.75 Å². The zero-order valence-electron chi connectivity index (χ0n) is 14.3. The van der Waals surface area contributed by atoms with E-state index in [0.29, 0.717) is 35.8 Å². The molecule has 0 saturated carbocycles. The Balaban J connectivity index is 1.76. The molecule has 0 saturated heterocycles. The number of hydrogen-bond donors (Lipinski definition) is 2. The summed E-state index contributed by atoms with van der Waals surface area (Å²) in [5, 5.41) is 6.16. The van der Waals surface area contributed by atoms with Crippen LogP contribution in [0.2, 0.25) is 5.02 Å². The van der Waals surface area contributed by atoms with Crippen molar-refractivity contribution >= 4 is 34.8 Å². The van der Waals surface area contributed by atoms with Crippen molar-refractivity contribution < 1.29 is 14.3 Å². The van der Waals surface area contributed by atoms with Crippen LogP contribution in [0.4, 0.5) is 11.4 Å². The maximum Gasteiger partial charge on any atom is 0.224 e. The number of aryl methyl sites for hydroxylation is 1. The molecule has 0 unspecified atom stereocenters. The molecule has 0 spiro atoms. The van der Waals surface area contributed by atoms with E-state index in [1.807, 2.05) is 19.1 Å². The van der Waals surface area contributed by atoms with Crippen molar-refractivity contribution in [2.24, 2.45) is 0 Å². The van der Waals surface area contributed by atoms with E-state index in [-0.39, 0.29) is 11.8 Å². The van der Waals surface area contributed by atoms with Gasteiger partial charge in [0.25, 0.3) is 0 Å². The van der Waals surface area contributed by atoms with Crippen LogP contribution in [0.1, 0.15) is 25.3 Å². The van der Waals surface area contributed by atoms with Gasteiger partial charge in [0.2, 0.25) is 11.8 Å². The first kappa shape index (κ1) is 18.8. The lowest BCUT2D eigenvalue weighted by Gasteiger charge is -2.10. The zero-order chi connectivity index (χ0) is 18.2. The smallest absolute Gasteiger partial charge is 0.224 e. The zero-order valence-corrected chi connectivity index (χ0v) is 15.0. The van der Waals surface area contributed by atoms with E-state index >= 15 is 0 Å². The van der Waals surface area contributed by atoms with Crippen molar-refractivity contribution in [2.45, 2.75) is 26.7 Å². The van der Waals surface area contributed by atoms with Crippen LogP contribution in [0.3, 0.4) is 0 Å². The molecule has 0 aliphatic rings. The van der Waals surface area contributed by atoms with Gasteiger partial charge in [-0.3, -0.25) is 9.59 Å². The molecule has 0 atom stereocenters. The third kappa shape index (κ3) is 6.47. The molecule has 25 heavy (non-hydrogen) atoms. The lowest BCUT2D eigenvalue weighted by Crippen LogP contribution is -2.13. The Morgan fingerprint density at radius 3 is 2.48 bits per heavy atom.